The van der Waals surface area contributed by atoms with Crippen molar-refractivity contribution in [2.24, 2.45) is 5.92 Å². The summed E-state index contributed by atoms with van der Waals surface area (Å²) in [6.45, 7) is 0.489. The van der Waals surface area contributed by atoms with Gasteiger partial charge in [-0.15, -0.1) is 0 Å². The van der Waals surface area contributed by atoms with Crippen LogP contribution in [-0.4, -0.2) is 12.9 Å². The second kappa shape index (κ2) is 8.64. The van der Waals surface area contributed by atoms with Crippen molar-refractivity contribution in [3.63, 3.8) is 0 Å². The summed E-state index contributed by atoms with van der Waals surface area (Å²) in [7, 11) is 1.68. The average molecular weight is 357 g/mol. The Morgan fingerprint density at radius 3 is 2.48 bits per heavy atom. The van der Waals surface area contributed by atoms with Crippen molar-refractivity contribution in [2.75, 3.05) is 7.11 Å². The molecule has 2 nitrogen and oxygen atoms in total. The molecule has 0 unspecified atom stereocenters. The highest BCUT2D eigenvalue weighted by molar-refractivity contribution is 6.30. The normalized spacial score (nSPS) is 15.3. The molecular formula is C22H25ClO2. The van der Waals surface area contributed by atoms with Gasteiger partial charge < -0.3 is 4.74 Å². The van der Waals surface area contributed by atoms with E-state index in [2.05, 4.69) is 0 Å². The first-order valence-corrected chi connectivity index (χ1v) is 9.46. The smallest absolute Gasteiger partial charge is 0.163 e. The van der Waals surface area contributed by atoms with Crippen LogP contribution in [0.25, 0.3) is 11.1 Å². The number of benzene rings is 2. The van der Waals surface area contributed by atoms with Crippen LogP contribution in [0.15, 0.2) is 42.5 Å². The van der Waals surface area contributed by atoms with E-state index in [1.54, 1.807) is 7.11 Å². The molecule has 25 heavy (non-hydrogen) atoms. The number of ether oxygens (including phenoxy) is 1. The SMILES string of the molecule is COCc1cc(C(=O)CC2CCCCC2)ccc1-c1ccc(Cl)cc1. The monoisotopic (exact) mass is 356 g/mol. The highest BCUT2D eigenvalue weighted by Gasteiger charge is 2.19. The topological polar surface area (TPSA) is 26.3 Å². The summed E-state index contributed by atoms with van der Waals surface area (Å²) in [5, 5.41) is 0.719. The van der Waals surface area contributed by atoms with Crippen LogP contribution >= 0.6 is 11.6 Å². The first-order valence-electron chi connectivity index (χ1n) is 9.08. The number of methoxy groups -OCH3 is 1. The second-order valence-corrected chi connectivity index (χ2v) is 7.38. The fourth-order valence-electron chi connectivity index (χ4n) is 3.72. The molecule has 1 saturated carbocycles. The minimum absolute atomic E-state index is 0.256. The Kier molecular flexibility index (Phi) is 6.28. The van der Waals surface area contributed by atoms with Gasteiger partial charge in [-0.2, -0.15) is 0 Å². The lowest BCUT2D eigenvalue weighted by Crippen LogP contribution is -2.12. The Hall–Kier alpha value is -1.64. The van der Waals surface area contributed by atoms with E-state index < -0.39 is 0 Å². The Bertz CT molecular complexity index is 715. The molecule has 0 aliphatic heterocycles. The molecule has 0 radical (unpaired) electrons. The molecule has 132 valence electrons. The van der Waals surface area contributed by atoms with Crippen molar-refractivity contribution in [1.29, 1.82) is 0 Å². The Morgan fingerprint density at radius 1 is 1.08 bits per heavy atom. The Morgan fingerprint density at radius 2 is 1.80 bits per heavy atom. The minimum Gasteiger partial charge on any atom is -0.380 e. The van der Waals surface area contributed by atoms with Gasteiger partial charge in [-0.3, -0.25) is 4.79 Å². The van der Waals surface area contributed by atoms with Gasteiger partial charge in [-0.05, 0) is 40.8 Å². The van der Waals surface area contributed by atoms with Gasteiger partial charge in [-0.1, -0.05) is 68.0 Å². The van der Waals surface area contributed by atoms with Gasteiger partial charge in [0.05, 0.1) is 6.61 Å². The van der Waals surface area contributed by atoms with Crippen LogP contribution in [0, 0.1) is 5.92 Å². The number of hydrogen-bond donors (Lipinski definition) is 0. The number of hydrogen-bond acceptors (Lipinski definition) is 2. The van der Waals surface area contributed by atoms with Crippen LogP contribution < -0.4 is 0 Å². The standard InChI is InChI=1S/C22H25ClO2/c1-25-15-19-14-18(22(24)13-16-5-3-2-4-6-16)9-12-21(19)17-7-10-20(23)11-8-17/h7-12,14,16H,2-6,13,15H2,1H3. The number of Topliss-reactive ketones (excluding diaryl/α,β-unsaturated/α-hetero) is 1. The maximum absolute atomic E-state index is 12.7. The maximum atomic E-state index is 12.7. The second-order valence-electron chi connectivity index (χ2n) is 6.94. The van der Waals surface area contributed by atoms with E-state index in [9.17, 15) is 4.79 Å². The third-order valence-electron chi connectivity index (χ3n) is 5.08. The van der Waals surface area contributed by atoms with Crippen molar-refractivity contribution in [2.45, 2.75) is 45.1 Å². The summed E-state index contributed by atoms with van der Waals surface area (Å²) >= 11 is 5.99. The van der Waals surface area contributed by atoms with Crippen LogP contribution in [0.2, 0.25) is 5.02 Å². The zero-order chi connectivity index (χ0) is 17.6. The summed E-state index contributed by atoms with van der Waals surface area (Å²) in [5.74, 6) is 0.815. The van der Waals surface area contributed by atoms with Crippen molar-refractivity contribution < 1.29 is 9.53 Å². The molecule has 0 amide bonds. The number of halogens is 1. The Labute approximate surface area is 155 Å². The fourth-order valence-corrected chi connectivity index (χ4v) is 3.85. The lowest BCUT2D eigenvalue weighted by Gasteiger charge is -2.21. The van der Waals surface area contributed by atoms with Crippen molar-refractivity contribution in [3.05, 3.63) is 58.6 Å². The molecule has 1 aliphatic rings. The van der Waals surface area contributed by atoms with Crippen LogP contribution in [0.1, 0.15) is 54.4 Å². The molecule has 3 rings (SSSR count). The molecule has 2 aromatic rings. The number of ketones is 1. The molecule has 0 saturated heterocycles. The van der Waals surface area contributed by atoms with E-state index in [1.807, 2.05) is 42.5 Å². The number of rotatable bonds is 6. The van der Waals surface area contributed by atoms with Crippen LogP contribution in [0.3, 0.4) is 0 Å². The largest absolute Gasteiger partial charge is 0.380 e. The average Bonchev–Trinajstić information content (AvgIpc) is 2.64. The first-order chi connectivity index (χ1) is 12.2. The lowest BCUT2D eigenvalue weighted by molar-refractivity contribution is 0.0950. The molecule has 0 aromatic heterocycles. The number of carbonyl (C=O) groups is 1. The quantitative estimate of drug-likeness (QED) is 0.567. The molecule has 0 heterocycles. The minimum atomic E-state index is 0.256. The van der Waals surface area contributed by atoms with Gasteiger partial charge >= 0.3 is 0 Å². The van der Waals surface area contributed by atoms with Crippen molar-refractivity contribution in [3.8, 4) is 11.1 Å². The van der Waals surface area contributed by atoms with Crippen LogP contribution in [0.5, 0.6) is 0 Å². The fraction of sp³-hybridized carbons (Fsp3) is 0.409. The van der Waals surface area contributed by atoms with Crippen LogP contribution in [0.4, 0.5) is 0 Å². The van der Waals surface area contributed by atoms with Gasteiger partial charge in [0.1, 0.15) is 0 Å². The van der Waals surface area contributed by atoms with Gasteiger partial charge in [-0.25, -0.2) is 0 Å². The highest BCUT2D eigenvalue weighted by atomic mass is 35.5. The molecule has 1 aliphatic carbocycles. The Balaban J connectivity index is 1.82. The van der Waals surface area contributed by atoms with Gasteiger partial charge in [0, 0.05) is 24.1 Å². The molecular weight excluding hydrogens is 332 g/mol. The van der Waals surface area contributed by atoms with Gasteiger partial charge in [0.2, 0.25) is 0 Å². The third-order valence-corrected chi connectivity index (χ3v) is 5.33. The molecule has 0 atom stereocenters. The van der Waals surface area contributed by atoms with E-state index in [0.717, 1.165) is 27.3 Å². The zero-order valence-electron chi connectivity index (χ0n) is 14.8. The molecule has 0 N–H and O–H groups in total. The summed E-state index contributed by atoms with van der Waals surface area (Å²) in [4.78, 5) is 12.7. The predicted octanol–water partition coefficient (Wildman–Crippen LogP) is 6.31. The van der Waals surface area contributed by atoms with Gasteiger partial charge in [0.25, 0.3) is 0 Å². The molecule has 0 bridgehead atoms. The van der Waals surface area contributed by atoms with E-state index in [-0.39, 0.29) is 5.78 Å². The lowest BCUT2D eigenvalue weighted by atomic mass is 9.84. The molecule has 2 aromatic carbocycles. The predicted molar refractivity (Wildman–Crippen MR) is 103 cm³/mol. The summed E-state index contributed by atoms with van der Waals surface area (Å²) in [6, 6.07) is 13.8. The van der Waals surface area contributed by atoms with E-state index in [0.29, 0.717) is 18.9 Å². The molecule has 1 fully saturated rings. The third kappa shape index (κ3) is 4.71. The first kappa shape index (κ1) is 18.2. The molecule has 3 heteroatoms. The summed E-state index contributed by atoms with van der Waals surface area (Å²) in [5.41, 5.74) is 4.02. The summed E-state index contributed by atoms with van der Waals surface area (Å²) in [6.07, 6.45) is 6.91. The van der Waals surface area contributed by atoms with Crippen molar-refractivity contribution >= 4 is 17.4 Å². The van der Waals surface area contributed by atoms with E-state index in [1.165, 1.54) is 32.1 Å². The maximum Gasteiger partial charge on any atom is 0.163 e. The number of carbonyl (C=O) groups excluding carboxylic acids is 1. The van der Waals surface area contributed by atoms with Crippen LogP contribution in [-0.2, 0) is 11.3 Å². The van der Waals surface area contributed by atoms with E-state index in [4.69, 9.17) is 16.3 Å². The molecule has 0 spiro atoms. The summed E-state index contributed by atoms with van der Waals surface area (Å²) < 4.78 is 5.36. The van der Waals surface area contributed by atoms with Crippen molar-refractivity contribution in [1.82, 2.24) is 0 Å². The highest BCUT2D eigenvalue weighted by Crippen LogP contribution is 2.30. The van der Waals surface area contributed by atoms with Gasteiger partial charge in [0.15, 0.2) is 5.78 Å². The van der Waals surface area contributed by atoms with E-state index >= 15 is 0 Å². The zero-order valence-corrected chi connectivity index (χ0v) is 15.5.